The van der Waals surface area contributed by atoms with Gasteiger partial charge in [-0.25, -0.2) is 0 Å². The molecule has 180 valence electrons. The van der Waals surface area contributed by atoms with Gasteiger partial charge in [-0.3, -0.25) is 14.4 Å². The maximum atomic E-state index is 13.7. The first kappa shape index (κ1) is 27.0. The first-order chi connectivity index (χ1) is 15.0. The third-order valence-electron chi connectivity index (χ3n) is 6.87. The summed E-state index contributed by atoms with van der Waals surface area (Å²) in [5.74, 6) is -3.15. The van der Waals surface area contributed by atoms with Gasteiger partial charge in [-0.15, -0.1) is 11.6 Å². The number of thioether (sulfide) groups is 1. The van der Waals surface area contributed by atoms with Gasteiger partial charge in [0, 0.05) is 36.3 Å². The first-order valence-corrected chi connectivity index (χ1v) is 12.4. The topological polar surface area (TPSA) is 118 Å². The Morgan fingerprint density at radius 3 is 2.59 bits per heavy atom. The predicted octanol–water partition coefficient (Wildman–Crippen LogP) is 2.69. The molecular weight excluding hydrogens is 456 g/mol. The van der Waals surface area contributed by atoms with E-state index < -0.39 is 40.0 Å². The van der Waals surface area contributed by atoms with E-state index in [2.05, 4.69) is 0 Å². The van der Waals surface area contributed by atoms with Crippen LogP contribution in [0.15, 0.2) is 12.2 Å². The minimum atomic E-state index is -1.81. The van der Waals surface area contributed by atoms with Gasteiger partial charge >= 0.3 is 5.97 Å². The molecule has 0 aliphatic heterocycles. The van der Waals surface area contributed by atoms with Crippen molar-refractivity contribution >= 4 is 46.0 Å². The van der Waals surface area contributed by atoms with Crippen molar-refractivity contribution in [3.05, 3.63) is 12.2 Å². The molecule has 7 nitrogen and oxygen atoms in total. The van der Waals surface area contributed by atoms with Crippen molar-refractivity contribution in [3.63, 3.8) is 0 Å². The summed E-state index contributed by atoms with van der Waals surface area (Å²) in [5, 5.41) is 22.4. The number of methoxy groups -OCH3 is 1. The molecule has 0 aromatic rings. The number of alkyl halides is 1. The molecule has 0 saturated heterocycles. The lowest BCUT2D eigenvalue weighted by atomic mass is 9.65. The van der Waals surface area contributed by atoms with E-state index in [0.29, 0.717) is 6.42 Å². The minimum Gasteiger partial charge on any atom is -0.469 e. The Labute approximate surface area is 198 Å². The van der Waals surface area contributed by atoms with Crippen LogP contribution in [0.25, 0.3) is 0 Å². The molecule has 1 fully saturated rings. The SMILES string of the molecule is COC(=O)C(CSC(=O)[C@]1([C@@H](O)[C@@H]2C=CCCC2)CC(=O)[C@H](CCCl)[C@]1(C)O)CC(C)=O. The van der Waals surface area contributed by atoms with Crippen molar-refractivity contribution in [2.75, 3.05) is 18.7 Å². The summed E-state index contributed by atoms with van der Waals surface area (Å²) in [4.78, 5) is 50.2. The highest BCUT2D eigenvalue weighted by Crippen LogP contribution is 2.56. The zero-order chi connectivity index (χ0) is 24.1. The fourth-order valence-electron chi connectivity index (χ4n) is 5.05. The lowest BCUT2D eigenvalue weighted by Gasteiger charge is -2.45. The quantitative estimate of drug-likeness (QED) is 0.274. The summed E-state index contributed by atoms with van der Waals surface area (Å²) in [6, 6.07) is 0. The van der Waals surface area contributed by atoms with E-state index in [9.17, 15) is 29.4 Å². The number of Topliss-reactive ketones (excluding diaryl/α,β-unsaturated/α-hetero) is 2. The van der Waals surface area contributed by atoms with E-state index in [4.69, 9.17) is 16.3 Å². The second-order valence-electron chi connectivity index (χ2n) is 8.98. The average Bonchev–Trinajstić information content (AvgIpc) is 2.96. The van der Waals surface area contributed by atoms with E-state index in [1.807, 2.05) is 12.2 Å². The lowest BCUT2D eigenvalue weighted by Crippen LogP contribution is -2.58. The van der Waals surface area contributed by atoms with Gasteiger partial charge in [0.25, 0.3) is 0 Å². The molecule has 9 heteroatoms. The van der Waals surface area contributed by atoms with E-state index in [1.54, 1.807) is 0 Å². The molecule has 0 bridgehead atoms. The first-order valence-electron chi connectivity index (χ1n) is 10.9. The summed E-state index contributed by atoms with van der Waals surface area (Å²) in [6.07, 6.45) is 4.65. The van der Waals surface area contributed by atoms with Crippen molar-refractivity contribution in [1.82, 2.24) is 0 Å². The van der Waals surface area contributed by atoms with E-state index in [0.717, 1.165) is 24.6 Å². The van der Waals surface area contributed by atoms with Crippen molar-refractivity contribution in [2.24, 2.45) is 23.2 Å². The third-order valence-corrected chi connectivity index (χ3v) is 8.29. The number of carbonyl (C=O) groups excluding carboxylic acids is 4. The summed E-state index contributed by atoms with van der Waals surface area (Å²) in [6.45, 7) is 2.77. The highest BCUT2D eigenvalue weighted by molar-refractivity contribution is 8.13. The molecule has 0 amide bonds. The maximum Gasteiger partial charge on any atom is 0.309 e. The van der Waals surface area contributed by atoms with Crippen molar-refractivity contribution in [1.29, 1.82) is 0 Å². The highest BCUT2D eigenvalue weighted by atomic mass is 35.5. The van der Waals surface area contributed by atoms with E-state index >= 15 is 0 Å². The Morgan fingerprint density at radius 1 is 1.38 bits per heavy atom. The summed E-state index contributed by atoms with van der Waals surface area (Å²) < 4.78 is 4.75. The number of carbonyl (C=O) groups is 4. The van der Waals surface area contributed by atoms with Crippen molar-refractivity contribution in [2.45, 2.75) is 64.1 Å². The number of ether oxygens (including phenoxy) is 1. The van der Waals surface area contributed by atoms with Crippen LogP contribution < -0.4 is 0 Å². The van der Waals surface area contributed by atoms with Crippen LogP contribution >= 0.6 is 23.4 Å². The van der Waals surface area contributed by atoms with Crippen LogP contribution in [-0.2, 0) is 23.9 Å². The normalized spacial score (nSPS) is 31.9. The lowest BCUT2D eigenvalue weighted by molar-refractivity contribution is -0.161. The molecule has 1 saturated carbocycles. The van der Waals surface area contributed by atoms with Gasteiger partial charge in [0.1, 0.15) is 17.0 Å². The van der Waals surface area contributed by atoms with Crippen LogP contribution in [0.1, 0.15) is 52.4 Å². The number of rotatable bonds is 10. The summed E-state index contributed by atoms with van der Waals surface area (Å²) in [5.41, 5.74) is -3.55. The van der Waals surface area contributed by atoms with Crippen LogP contribution in [0, 0.1) is 23.2 Å². The molecule has 2 aliphatic carbocycles. The summed E-state index contributed by atoms with van der Waals surface area (Å²) in [7, 11) is 1.21. The minimum absolute atomic E-state index is 0.0511. The molecule has 0 aromatic carbocycles. The van der Waals surface area contributed by atoms with Gasteiger partial charge < -0.3 is 19.7 Å². The van der Waals surface area contributed by atoms with Gasteiger partial charge in [0.2, 0.25) is 5.12 Å². The molecule has 0 spiro atoms. The maximum absolute atomic E-state index is 13.7. The number of esters is 1. The number of allylic oxidation sites excluding steroid dienone is 1. The smallest absolute Gasteiger partial charge is 0.309 e. The second-order valence-corrected chi connectivity index (χ2v) is 10.4. The van der Waals surface area contributed by atoms with Crippen LogP contribution in [0.5, 0.6) is 0 Å². The number of aliphatic hydroxyl groups excluding tert-OH is 1. The Kier molecular flexibility index (Phi) is 9.52. The monoisotopic (exact) mass is 488 g/mol. The molecule has 6 atom stereocenters. The van der Waals surface area contributed by atoms with Gasteiger partial charge in [-0.1, -0.05) is 23.9 Å². The fourth-order valence-corrected chi connectivity index (χ4v) is 6.53. The van der Waals surface area contributed by atoms with E-state index in [1.165, 1.54) is 21.0 Å². The van der Waals surface area contributed by atoms with Crippen LogP contribution in [0.3, 0.4) is 0 Å². The number of hydrogen-bond acceptors (Lipinski definition) is 8. The Morgan fingerprint density at radius 2 is 2.06 bits per heavy atom. The van der Waals surface area contributed by atoms with Crippen LogP contribution in [-0.4, -0.2) is 63.3 Å². The van der Waals surface area contributed by atoms with Gasteiger partial charge in [-0.2, -0.15) is 0 Å². The van der Waals surface area contributed by atoms with Crippen molar-refractivity contribution < 1.29 is 34.1 Å². The van der Waals surface area contributed by atoms with Gasteiger partial charge in [0.05, 0.1) is 24.7 Å². The largest absolute Gasteiger partial charge is 0.469 e. The molecule has 0 radical (unpaired) electrons. The molecule has 0 heterocycles. The Balaban J connectivity index is 2.40. The second kappa shape index (κ2) is 11.3. The molecule has 0 aromatic heterocycles. The van der Waals surface area contributed by atoms with Crippen LogP contribution in [0.2, 0.25) is 0 Å². The van der Waals surface area contributed by atoms with Gasteiger partial charge in [0.15, 0.2) is 0 Å². The Hall–Kier alpha value is -1.22. The molecule has 2 N–H and O–H groups in total. The molecule has 1 unspecified atom stereocenters. The molecule has 2 rings (SSSR count). The van der Waals surface area contributed by atoms with Crippen LogP contribution in [0.4, 0.5) is 0 Å². The number of halogens is 1. The standard InChI is InChI=1S/C23H33ClO7S/c1-14(25)11-16(20(28)31-3)13-32-21(29)23(19(27)15-7-5-4-6-8-15)12-18(26)17(9-10-24)22(23,2)30/h5,7,15-17,19,27,30H,4,6,8-13H2,1-3H3/t15-,16?,17+,19+,22+,23-/m1/s1. The highest BCUT2D eigenvalue weighted by Gasteiger charge is 2.68. The zero-order valence-electron chi connectivity index (χ0n) is 18.8. The van der Waals surface area contributed by atoms with E-state index in [-0.39, 0.29) is 48.4 Å². The van der Waals surface area contributed by atoms with Gasteiger partial charge in [-0.05, 0) is 39.5 Å². The number of aliphatic hydroxyl groups is 2. The zero-order valence-corrected chi connectivity index (χ0v) is 20.4. The molecule has 2 aliphatic rings. The third kappa shape index (κ3) is 5.29. The summed E-state index contributed by atoms with van der Waals surface area (Å²) >= 11 is 6.63. The fraction of sp³-hybridized carbons (Fsp3) is 0.739. The van der Waals surface area contributed by atoms with Crippen molar-refractivity contribution in [3.8, 4) is 0 Å². The molecular formula is C23H33ClO7S. The number of ketones is 2. The predicted molar refractivity (Wildman–Crippen MR) is 122 cm³/mol. The average molecular weight is 489 g/mol. The number of hydrogen-bond donors (Lipinski definition) is 2. The Bertz CT molecular complexity index is 765. The molecule has 32 heavy (non-hydrogen) atoms.